The molecule has 0 aliphatic heterocycles. The van der Waals surface area contributed by atoms with E-state index in [4.69, 9.17) is 21.1 Å². The van der Waals surface area contributed by atoms with Gasteiger partial charge in [0.05, 0.1) is 0 Å². The van der Waals surface area contributed by atoms with Gasteiger partial charge in [0.2, 0.25) is 0 Å². The largest absolute Gasteiger partial charge is 0.542 e. The fourth-order valence-corrected chi connectivity index (χ4v) is 1.06. The van der Waals surface area contributed by atoms with E-state index >= 15 is 0 Å². The number of hydrogen-bond donors (Lipinski definition) is 2. The van der Waals surface area contributed by atoms with Gasteiger partial charge in [0.1, 0.15) is 0 Å². The first kappa shape index (κ1) is 20.3. The molecular formula is C10H19N2O2Pd-3. The number of rotatable bonds is 0. The second-order valence-electron chi connectivity index (χ2n) is 2.84. The first-order valence-electron chi connectivity index (χ1n) is 4.58. The Balaban J connectivity index is -0.000000177. The first-order chi connectivity index (χ1) is 6.63. The maximum Gasteiger partial charge on any atom is 0 e. The van der Waals surface area contributed by atoms with Gasteiger partial charge in [-0.3, -0.25) is 12.6 Å². The average molecular weight is 306 g/mol. The van der Waals surface area contributed by atoms with Crippen molar-refractivity contribution in [2.75, 3.05) is 0 Å². The molecule has 0 amide bonds. The van der Waals surface area contributed by atoms with Crippen molar-refractivity contribution in [3.63, 3.8) is 0 Å². The van der Waals surface area contributed by atoms with Crippen LogP contribution in [0.3, 0.4) is 0 Å². The second kappa shape index (κ2) is 16.4. The molecule has 4 nitrogen and oxygen atoms in total. The van der Waals surface area contributed by atoms with Crippen LogP contribution in [0.25, 0.3) is 0 Å². The molecule has 0 heterocycles. The Morgan fingerprint density at radius 3 is 1.80 bits per heavy atom. The van der Waals surface area contributed by atoms with Gasteiger partial charge in [-0.2, -0.15) is 20.3 Å². The maximum absolute atomic E-state index is 8.68. The van der Waals surface area contributed by atoms with Crippen molar-refractivity contribution in [1.29, 1.82) is 0 Å². The summed E-state index contributed by atoms with van der Waals surface area (Å²) in [5, 5.41) is 0. The van der Waals surface area contributed by atoms with Crippen LogP contribution in [0.1, 0.15) is 39.5 Å². The molecule has 1 atom stereocenters. The van der Waals surface area contributed by atoms with Gasteiger partial charge < -0.3 is 21.1 Å². The van der Waals surface area contributed by atoms with Crippen molar-refractivity contribution in [3.05, 3.63) is 6.04 Å². The van der Waals surface area contributed by atoms with Gasteiger partial charge in [0, 0.05) is 20.4 Å². The summed E-state index contributed by atoms with van der Waals surface area (Å²) in [6.45, 7) is 2.64. The van der Waals surface area contributed by atoms with Crippen LogP contribution in [-0.2, 0) is 30.0 Å². The summed E-state index contributed by atoms with van der Waals surface area (Å²) in [6, 6.07) is 1.19. The molecule has 1 saturated carbocycles. The normalized spacial score (nSPS) is 19.3. The van der Waals surface area contributed by atoms with Crippen molar-refractivity contribution >= 4 is 12.6 Å². The molecule has 1 fully saturated rings. The summed E-state index contributed by atoms with van der Waals surface area (Å²) in [4.78, 5) is 17.4. The van der Waals surface area contributed by atoms with E-state index < -0.39 is 0 Å². The molecule has 1 aliphatic carbocycles. The molecular weight excluding hydrogens is 287 g/mol. The van der Waals surface area contributed by atoms with Crippen LogP contribution in [0.4, 0.5) is 0 Å². The minimum atomic E-state index is 0. The fourth-order valence-electron chi connectivity index (χ4n) is 1.06. The molecule has 15 heavy (non-hydrogen) atoms. The third-order valence-corrected chi connectivity index (χ3v) is 1.71. The molecule has 0 aromatic rings. The summed E-state index contributed by atoms with van der Waals surface area (Å²) >= 11 is 0. The second-order valence-corrected chi connectivity index (χ2v) is 2.84. The molecule has 0 spiro atoms. The Hall–Kier alpha value is -0.0777. The molecule has 0 aromatic carbocycles. The molecule has 0 radical (unpaired) electrons. The van der Waals surface area contributed by atoms with Gasteiger partial charge >= 0.3 is 0 Å². The molecule has 0 aromatic heterocycles. The van der Waals surface area contributed by atoms with E-state index in [0.29, 0.717) is 0 Å². The zero-order valence-electron chi connectivity index (χ0n) is 9.19. The predicted octanol–water partition coefficient (Wildman–Crippen LogP) is 0.608. The van der Waals surface area contributed by atoms with Crippen LogP contribution >= 0.6 is 0 Å². The standard InChI is InChI=1S/C6H13N2.2C2H3O.Pd/c7-5-3-1-2-4-6(5)8;2*1-2-3;/h5H,1-4,7-8H2;2*1H3;/q3*-1;. The van der Waals surface area contributed by atoms with Crippen LogP contribution in [-0.4, -0.2) is 18.6 Å². The predicted molar refractivity (Wildman–Crippen MR) is 56.6 cm³/mol. The molecule has 0 saturated heterocycles. The summed E-state index contributed by atoms with van der Waals surface area (Å²) in [5.41, 5.74) is 11.2. The first-order valence-corrected chi connectivity index (χ1v) is 4.58. The summed E-state index contributed by atoms with van der Waals surface area (Å²) in [6.07, 6.45) is 7.62. The van der Waals surface area contributed by atoms with Crippen molar-refractivity contribution < 1.29 is 30.0 Å². The van der Waals surface area contributed by atoms with Gasteiger partial charge in [-0.15, -0.1) is 6.04 Å². The molecule has 0 bridgehead atoms. The average Bonchev–Trinajstić information content (AvgIpc) is 2.13. The maximum atomic E-state index is 8.68. The van der Waals surface area contributed by atoms with Crippen LogP contribution in [0, 0.1) is 6.04 Å². The quantitative estimate of drug-likeness (QED) is 0.507. The zero-order chi connectivity index (χ0) is 11.4. The summed E-state index contributed by atoms with van der Waals surface area (Å²) < 4.78 is 0. The van der Waals surface area contributed by atoms with Crippen molar-refractivity contribution in [3.8, 4) is 0 Å². The van der Waals surface area contributed by atoms with Crippen molar-refractivity contribution in [2.24, 2.45) is 11.5 Å². The topological polar surface area (TPSA) is 86.2 Å². The SMILES string of the molecule is C[C-]=O.C[C-]=O.N[C-]1CCCCC1N.[Pd]. The smallest absolute Gasteiger partial charge is 0 e. The van der Waals surface area contributed by atoms with E-state index in [1.54, 1.807) is 0 Å². The van der Waals surface area contributed by atoms with E-state index in [9.17, 15) is 0 Å². The van der Waals surface area contributed by atoms with E-state index in [-0.39, 0.29) is 26.5 Å². The van der Waals surface area contributed by atoms with Gasteiger partial charge in [0.15, 0.2) is 0 Å². The zero-order valence-corrected chi connectivity index (χ0v) is 10.7. The van der Waals surface area contributed by atoms with Crippen molar-refractivity contribution in [2.45, 2.75) is 45.6 Å². The van der Waals surface area contributed by atoms with E-state index in [1.165, 1.54) is 39.3 Å². The van der Waals surface area contributed by atoms with Gasteiger partial charge in [0.25, 0.3) is 0 Å². The van der Waals surface area contributed by atoms with E-state index in [1.807, 2.05) is 0 Å². The Morgan fingerprint density at radius 2 is 1.60 bits per heavy atom. The Labute approximate surface area is 106 Å². The fraction of sp³-hybridized carbons (Fsp3) is 0.700. The molecule has 5 heteroatoms. The van der Waals surface area contributed by atoms with Crippen LogP contribution in [0.15, 0.2) is 0 Å². The molecule has 94 valence electrons. The van der Waals surface area contributed by atoms with Gasteiger partial charge in [-0.05, 0) is 0 Å². The van der Waals surface area contributed by atoms with Crippen molar-refractivity contribution in [1.82, 2.24) is 0 Å². The number of carbonyl (C=O) groups excluding carboxylic acids is 2. The van der Waals surface area contributed by atoms with Gasteiger partial charge in [-0.1, -0.05) is 19.3 Å². The summed E-state index contributed by atoms with van der Waals surface area (Å²) in [7, 11) is 0. The molecule has 1 aliphatic rings. The van der Waals surface area contributed by atoms with Gasteiger partial charge in [-0.25, -0.2) is 6.04 Å². The Bertz CT molecular complexity index is 129. The minimum Gasteiger partial charge on any atom is -0.542 e. The van der Waals surface area contributed by atoms with E-state index in [2.05, 4.69) is 0 Å². The minimum absolute atomic E-state index is 0. The molecule has 4 N–H and O–H groups in total. The monoisotopic (exact) mass is 305 g/mol. The molecule has 1 unspecified atom stereocenters. The third-order valence-electron chi connectivity index (χ3n) is 1.71. The van der Waals surface area contributed by atoms with Crippen LogP contribution in [0.5, 0.6) is 0 Å². The molecule has 1 rings (SSSR count). The van der Waals surface area contributed by atoms with E-state index in [0.717, 1.165) is 18.9 Å². The van der Waals surface area contributed by atoms with Crippen LogP contribution < -0.4 is 11.5 Å². The Morgan fingerprint density at radius 1 is 1.20 bits per heavy atom. The third kappa shape index (κ3) is 16.6. The number of hydrogen-bond acceptors (Lipinski definition) is 4. The summed E-state index contributed by atoms with van der Waals surface area (Å²) in [5.74, 6) is 0. The van der Waals surface area contributed by atoms with Crippen LogP contribution in [0.2, 0.25) is 0 Å². The Kier molecular flexibility index (Phi) is 22.2. The number of nitrogens with two attached hydrogens (primary N) is 2.